The lowest BCUT2D eigenvalue weighted by atomic mass is 10.2. The summed E-state index contributed by atoms with van der Waals surface area (Å²) in [6, 6.07) is 11.2. The number of aromatic nitrogens is 5. The Hall–Kier alpha value is -4.16. The summed E-state index contributed by atoms with van der Waals surface area (Å²) in [6.07, 6.45) is 1.41. The molecule has 36 heavy (non-hydrogen) atoms. The number of anilines is 3. The lowest BCUT2D eigenvalue weighted by Gasteiger charge is -2.26. The van der Waals surface area contributed by atoms with Crippen molar-refractivity contribution in [1.82, 2.24) is 29.4 Å². The maximum atomic E-state index is 6.14. The molecule has 3 N–H and O–H groups in total. The van der Waals surface area contributed by atoms with Gasteiger partial charge < -0.3 is 30.0 Å². The largest absolute Gasteiger partial charge is 0.493 e. The molecule has 12 nitrogen and oxygen atoms in total. The Morgan fingerprint density at radius 2 is 1.78 bits per heavy atom. The second kappa shape index (κ2) is 10.6. The van der Waals surface area contributed by atoms with E-state index in [-0.39, 0.29) is 5.95 Å². The van der Waals surface area contributed by atoms with Gasteiger partial charge in [0.25, 0.3) is 0 Å². The predicted molar refractivity (Wildman–Crippen MR) is 134 cm³/mol. The summed E-state index contributed by atoms with van der Waals surface area (Å²) in [5, 5.41) is 3.18. The molecule has 1 saturated heterocycles. The number of hydrogen-bond donors (Lipinski definition) is 2. The summed E-state index contributed by atoms with van der Waals surface area (Å²) in [7, 11) is 3.17. The lowest BCUT2D eigenvalue weighted by molar-refractivity contribution is 0.0319. The quantitative estimate of drug-likeness (QED) is 0.356. The van der Waals surface area contributed by atoms with Crippen molar-refractivity contribution in [3.8, 4) is 23.2 Å². The first-order valence-corrected chi connectivity index (χ1v) is 11.5. The van der Waals surface area contributed by atoms with Gasteiger partial charge in [-0.3, -0.25) is 4.90 Å². The lowest BCUT2D eigenvalue weighted by Crippen LogP contribution is -2.38. The highest BCUT2D eigenvalue weighted by atomic mass is 16.5. The Balaban J connectivity index is 1.36. The molecule has 0 unspecified atom stereocenters. The highest BCUT2D eigenvalue weighted by molar-refractivity contribution is 5.80. The summed E-state index contributed by atoms with van der Waals surface area (Å²) in [4.78, 5) is 19.8. The molecule has 1 aliphatic rings. The molecule has 1 aliphatic heterocycles. The average molecular weight is 493 g/mol. The number of nitrogen functional groups attached to an aromatic ring is 1. The van der Waals surface area contributed by atoms with Crippen molar-refractivity contribution < 1.29 is 18.9 Å². The van der Waals surface area contributed by atoms with E-state index in [0.29, 0.717) is 41.4 Å². The van der Waals surface area contributed by atoms with Crippen LogP contribution in [-0.4, -0.2) is 83.1 Å². The zero-order valence-electron chi connectivity index (χ0n) is 20.2. The van der Waals surface area contributed by atoms with E-state index in [9.17, 15) is 0 Å². The van der Waals surface area contributed by atoms with Crippen LogP contribution < -0.4 is 25.3 Å². The normalized spacial score (nSPS) is 14.1. The van der Waals surface area contributed by atoms with E-state index in [2.05, 4.69) is 30.2 Å². The molecule has 0 atom stereocenters. The number of fused-ring (bicyclic) bond motifs is 1. The van der Waals surface area contributed by atoms with Crippen molar-refractivity contribution in [3.05, 3.63) is 42.7 Å². The van der Waals surface area contributed by atoms with Crippen LogP contribution >= 0.6 is 0 Å². The molecule has 188 valence electrons. The van der Waals surface area contributed by atoms with E-state index in [1.54, 1.807) is 30.9 Å². The fourth-order valence-electron chi connectivity index (χ4n) is 4.04. The number of hydrogen-bond acceptors (Lipinski definition) is 11. The molecule has 3 heterocycles. The van der Waals surface area contributed by atoms with Crippen LogP contribution in [0.25, 0.3) is 17.0 Å². The summed E-state index contributed by atoms with van der Waals surface area (Å²) in [6.45, 7) is 4.57. The van der Waals surface area contributed by atoms with E-state index in [1.807, 2.05) is 24.3 Å². The maximum Gasteiger partial charge on any atom is 0.241 e. The minimum atomic E-state index is 0.287. The van der Waals surface area contributed by atoms with Crippen molar-refractivity contribution in [2.24, 2.45) is 0 Å². The Morgan fingerprint density at radius 1 is 1.03 bits per heavy atom. The van der Waals surface area contributed by atoms with Crippen LogP contribution in [-0.2, 0) is 4.74 Å². The summed E-state index contributed by atoms with van der Waals surface area (Å²) in [5.74, 6) is 2.54. The van der Waals surface area contributed by atoms with Crippen molar-refractivity contribution in [3.63, 3.8) is 0 Å². The van der Waals surface area contributed by atoms with Gasteiger partial charge in [0.2, 0.25) is 23.6 Å². The Bertz CT molecular complexity index is 1310. The molecule has 2 aromatic carbocycles. The number of ether oxygens (including phenoxy) is 4. The number of benzene rings is 2. The van der Waals surface area contributed by atoms with Gasteiger partial charge in [-0.2, -0.15) is 4.98 Å². The zero-order valence-corrected chi connectivity index (χ0v) is 20.2. The molecule has 0 aliphatic carbocycles. The zero-order chi connectivity index (χ0) is 24.9. The minimum absolute atomic E-state index is 0.287. The van der Waals surface area contributed by atoms with Crippen molar-refractivity contribution >= 4 is 28.6 Å². The fraction of sp³-hybridized carbons (Fsp3) is 0.333. The van der Waals surface area contributed by atoms with Gasteiger partial charge in [0.15, 0.2) is 11.5 Å². The summed E-state index contributed by atoms with van der Waals surface area (Å²) >= 11 is 0. The van der Waals surface area contributed by atoms with E-state index >= 15 is 0 Å². The predicted octanol–water partition coefficient (Wildman–Crippen LogP) is 2.26. The molecular weight excluding hydrogens is 464 g/mol. The van der Waals surface area contributed by atoms with Crippen molar-refractivity contribution in [2.75, 3.05) is 64.7 Å². The molecule has 12 heteroatoms. The summed E-state index contributed by atoms with van der Waals surface area (Å²) < 4.78 is 24.3. The van der Waals surface area contributed by atoms with E-state index in [1.165, 1.54) is 6.33 Å². The molecule has 0 saturated carbocycles. The van der Waals surface area contributed by atoms with Gasteiger partial charge in [-0.1, -0.05) is 12.1 Å². The first-order chi connectivity index (χ1) is 17.7. The number of rotatable bonds is 9. The number of imidazole rings is 1. The van der Waals surface area contributed by atoms with Crippen LogP contribution in [0.15, 0.2) is 42.7 Å². The van der Waals surface area contributed by atoms with Crippen molar-refractivity contribution in [2.45, 2.75) is 0 Å². The van der Waals surface area contributed by atoms with Crippen LogP contribution in [0.2, 0.25) is 0 Å². The highest BCUT2D eigenvalue weighted by Crippen LogP contribution is 2.40. The number of nitrogens with two attached hydrogens (primary N) is 1. The van der Waals surface area contributed by atoms with Gasteiger partial charge in [-0.15, -0.1) is 0 Å². The van der Waals surface area contributed by atoms with Gasteiger partial charge in [-0.25, -0.2) is 19.5 Å². The van der Waals surface area contributed by atoms with Crippen LogP contribution in [0, 0.1) is 0 Å². The Morgan fingerprint density at radius 3 is 2.53 bits per heavy atom. The van der Waals surface area contributed by atoms with E-state index in [0.717, 1.165) is 43.9 Å². The van der Waals surface area contributed by atoms with Crippen LogP contribution in [0.5, 0.6) is 17.2 Å². The Labute approximate surface area is 208 Å². The third-order valence-electron chi connectivity index (χ3n) is 5.82. The van der Waals surface area contributed by atoms with Gasteiger partial charge in [0.05, 0.1) is 38.5 Å². The summed E-state index contributed by atoms with van der Waals surface area (Å²) in [5.41, 5.74) is 8.35. The monoisotopic (exact) mass is 492 g/mol. The molecule has 5 rings (SSSR count). The second-order valence-electron chi connectivity index (χ2n) is 8.04. The molecule has 0 bridgehead atoms. The average Bonchev–Trinajstić information content (AvgIpc) is 3.25. The van der Waals surface area contributed by atoms with Gasteiger partial charge in [0.1, 0.15) is 12.9 Å². The fourth-order valence-corrected chi connectivity index (χ4v) is 4.04. The SMILES string of the molecule is COc1cc(Nc2ncnc(-n3c(N)nc4ccccc43)n2)cc(OC)c1OCCN1CCOCC1. The topological polar surface area (TPSA) is 135 Å². The molecule has 0 amide bonds. The molecular formula is C24H28N8O4. The molecule has 0 radical (unpaired) electrons. The van der Waals surface area contributed by atoms with Gasteiger partial charge in [-0.05, 0) is 12.1 Å². The Kier molecular flexibility index (Phi) is 6.96. The maximum absolute atomic E-state index is 6.14. The first-order valence-electron chi connectivity index (χ1n) is 11.5. The van der Waals surface area contributed by atoms with E-state index < -0.39 is 0 Å². The van der Waals surface area contributed by atoms with E-state index in [4.69, 9.17) is 24.7 Å². The minimum Gasteiger partial charge on any atom is -0.493 e. The van der Waals surface area contributed by atoms with Crippen LogP contribution in [0.1, 0.15) is 0 Å². The molecule has 1 fully saturated rings. The smallest absolute Gasteiger partial charge is 0.241 e. The molecule has 4 aromatic rings. The third-order valence-corrected chi connectivity index (χ3v) is 5.82. The van der Waals surface area contributed by atoms with Gasteiger partial charge in [0, 0.05) is 37.5 Å². The molecule has 0 spiro atoms. The van der Waals surface area contributed by atoms with Gasteiger partial charge >= 0.3 is 0 Å². The number of nitrogens with one attached hydrogen (secondary N) is 1. The second-order valence-corrected chi connectivity index (χ2v) is 8.04. The number of methoxy groups -OCH3 is 2. The standard InChI is InChI=1S/C24H28N8O4/c1-33-19-13-16(14-20(34-2)21(19)36-12-9-31-7-10-35-11-8-31)28-23-26-15-27-24(30-23)32-18-6-4-3-5-17(18)29-22(32)25/h3-6,13-15H,7-12H2,1-2H3,(H2,25,29)(H,26,27,28,30). The highest BCUT2D eigenvalue weighted by Gasteiger charge is 2.18. The van der Waals surface area contributed by atoms with Crippen LogP contribution in [0.4, 0.5) is 17.6 Å². The number of nitrogens with zero attached hydrogens (tertiary/aromatic N) is 6. The van der Waals surface area contributed by atoms with Crippen LogP contribution in [0.3, 0.4) is 0 Å². The number of para-hydroxylation sites is 2. The molecule has 2 aromatic heterocycles. The number of morpholine rings is 1. The third kappa shape index (κ3) is 4.95. The first kappa shape index (κ1) is 23.6. The van der Waals surface area contributed by atoms with Crippen molar-refractivity contribution in [1.29, 1.82) is 0 Å².